The fourth-order valence-corrected chi connectivity index (χ4v) is 4.47. The van der Waals surface area contributed by atoms with Crippen molar-refractivity contribution < 1.29 is 0 Å². The van der Waals surface area contributed by atoms with Gasteiger partial charge in [-0.05, 0) is 32.6 Å². The van der Waals surface area contributed by atoms with E-state index in [1.54, 1.807) is 10.7 Å². The van der Waals surface area contributed by atoms with Crippen molar-refractivity contribution in [3.05, 3.63) is 39.9 Å². The topological polar surface area (TPSA) is 75.0 Å². The van der Waals surface area contributed by atoms with Crippen molar-refractivity contribution in [1.82, 2.24) is 24.4 Å². The standard InChI is InChI=1S/C20H24ClN7/c1-12(2)11-27-19(21)18(14(4)25-27)16-6-5-7-26(16)17-8-13(3)24-20-15(9-22)10-23-28(17)20/h8,10,12,16H,5-7,11H2,1-4H3. The van der Waals surface area contributed by atoms with E-state index >= 15 is 0 Å². The zero-order chi connectivity index (χ0) is 20.0. The van der Waals surface area contributed by atoms with E-state index in [2.05, 4.69) is 34.9 Å². The zero-order valence-electron chi connectivity index (χ0n) is 16.6. The molecule has 3 aromatic heterocycles. The molecule has 3 aromatic rings. The van der Waals surface area contributed by atoms with Crippen molar-refractivity contribution in [2.45, 2.75) is 53.1 Å². The molecule has 1 saturated heterocycles. The Morgan fingerprint density at radius 3 is 2.86 bits per heavy atom. The first-order valence-electron chi connectivity index (χ1n) is 9.65. The molecule has 7 nitrogen and oxygen atoms in total. The third kappa shape index (κ3) is 3.02. The molecular formula is C20H24ClN7. The number of hydrogen-bond donors (Lipinski definition) is 0. The van der Waals surface area contributed by atoms with Crippen molar-refractivity contribution in [2.24, 2.45) is 5.92 Å². The van der Waals surface area contributed by atoms with Gasteiger partial charge in [0.25, 0.3) is 0 Å². The number of nitriles is 1. The quantitative estimate of drug-likeness (QED) is 0.663. The lowest BCUT2D eigenvalue weighted by Crippen LogP contribution is -2.26. The summed E-state index contributed by atoms with van der Waals surface area (Å²) in [7, 11) is 0. The van der Waals surface area contributed by atoms with Crippen molar-refractivity contribution in [1.29, 1.82) is 5.26 Å². The van der Waals surface area contributed by atoms with Gasteiger partial charge >= 0.3 is 0 Å². The number of halogens is 1. The predicted octanol–water partition coefficient (Wildman–Crippen LogP) is 4.07. The van der Waals surface area contributed by atoms with Crippen LogP contribution >= 0.6 is 11.6 Å². The maximum Gasteiger partial charge on any atom is 0.175 e. The molecule has 1 aliphatic heterocycles. The molecule has 1 atom stereocenters. The Hall–Kier alpha value is -2.59. The number of anilines is 1. The van der Waals surface area contributed by atoms with Crippen LogP contribution in [0.3, 0.4) is 0 Å². The maximum absolute atomic E-state index is 9.36. The Balaban J connectivity index is 1.81. The van der Waals surface area contributed by atoms with E-state index < -0.39 is 0 Å². The smallest absolute Gasteiger partial charge is 0.175 e. The minimum Gasteiger partial charge on any atom is -0.349 e. The maximum atomic E-state index is 9.36. The highest BCUT2D eigenvalue weighted by Crippen LogP contribution is 2.40. The molecule has 1 aliphatic rings. The van der Waals surface area contributed by atoms with Crippen LogP contribution in [0.1, 0.15) is 55.2 Å². The number of nitrogens with zero attached hydrogens (tertiary/aromatic N) is 7. The largest absolute Gasteiger partial charge is 0.349 e. The van der Waals surface area contributed by atoms with Crippen molar-refractivity contribution in [3.63, 3.8) is 0 Å². The summed E-state index contributed by atoms with van der Waals surface area (Å²) in [6.45, 7) is 10.0. The van der Waals surface area contributed by atoms with Gasteiger partial charge in [0.05, 0.1) is 17.9 Å². The Bertz CT molecular complexity index is 1070. The molecule has 0 bridgehead atoms. The highest BCUT2D eigenvalue weighted by atomic mass is 35.5. The van der Waals surface area contributed by atoms with Gasteiger partial charge in [-0.2, -0.15) is 20.0 Å². The van der Waals surface area contributed by atoms with Crippen molar-refractivity contribution in [3.8, 4) is 6.07 Å². The van der Waals surface area contributed by atoms with Gasteiger partial charge in [0.1, 0.15) is 22.6 Å². The molecule has 0 N–H and O–H groups in total. The number of hydrogen-bond acceptors (Lipinski definition) is 5. The summed E-state index contributed by atoms with van der Waals surface area (Å²) in [5.74, 6) is 1.42. The van der Waals surface area contributed by atoms with Crippen LogP contribution in [0, 0.1) is 31.1 Å². The van der Waals surface area contributed by atoms with Crippen LogP contribution in [0.25, 0.3) is 5.65 Å². The molecule has 146 valence electrons. The molecule has 0 aromatic carbocycles. The fraction of sp³-hybridized carbons (Fsp3) is 0.500. The number of rotatable bonds is 4. The van der Waals surface area contributed by atoms with E-state index in [4.69, 9.17) is 16.7 Å². The Morgan fingerprint density at radius 1 is 1.36 bits per heavy atom. The second-order valence-corrected chi connectivity index (χ2v) is 8.24. The number of aryl methyl sites for hydroxylation is 2. The lowest BCUT2D eigenvalue weighted by Gasteiger charge is -2.27. The summed E-state index contributed by atoms with van der Waals surface area (Å²) in [5.41, 5.74) is 4.02. The Morgan fingerprint density at radius 2 is 2.14 bits per heavy atom. The van der Waals surface area contributed by atoms with Gasteiger partial charge in [0.15, 0.2) is 5.65 Å². The second-order valence-electron chi connectivity index (χ2n) is 7.88. The van der Waals surface area contributed by atoms with E-state index in [9.17, 15) is 5.26 Å². The van der Waals surface area contributed by atoms with Gasteiger partial charge in [0.2, 0.25) is 0 Å². The average Bonchev–Trinajstić information content (AvgIpc) is 3.32. The number of fused-ring (bicyclic) bond motifs is 1. The van der Waals surface area contributed by atoms with Crippen LogP contribution < -0.4 is 4.90 Å². The predicted molar refractivity (Wildman–Crippen MR) is 109 cm³/mol. The molecule has 28 heavy (non-hydrogen) atoms. The minimum absolute atomic E-state index is 0.133. The molecule has 0 aliphatic carbocycles. The van der Waals surface area contributed by atoms with Crippen LogP contribution in [0.2, 0.25) is 5.15 Å². The van der Waals surface area contributed by atoms with Crippen LogP contribution in [0.5, 0.6) is 0 Å². The number of aromatic nitrogens is 5. The van der Waals surface area contributed by atoms with E-state index in [0.717, 1.165) is 53.9 Å². The van der Waals surface area contributed by atoms with Gasteiger partial charge in [-0.3, -0.25) is 4.68 Å². The molecule has 1 fully saturated rings. The zero-order valence-corrected chi connectivity index (χ0v) is 17.4. The molecule has 4 rings (SSSR count). The summed E-state index contributed by atoms with van der Waals surface area (Å²) in [5, 5.41) is 19.2. The molecule has 0 spiro atoms. The summed E-state index contributed by atoms with van der Waals surface area (Å²) in [6.07, 6.45) is 3.64. The van der Waals surface area contributed by atoms with Crippen molar-refractivity contribution >= 4 is 23.1 Å². The molecule has 0 saturated carbocycles. The summed E-state index contributed by atoms with van der Waals surface area (Å²) in [6, 6.07) is 4.34. The Labute approximate surface area is 169 Å². The molecule has 8 heteroatoms. The van der Waals surface area contributed by atoms with Crippen molar-refractivity contribution in [2.75, 3.05) is 11.4 Å². The van der Waals surface area contributed by atoms with E-state index in [1.807, 2.05) is 24.6 Å². The van der Waals surface area contributed by atoms with Gasteiger partial charge < -0.3 is 4.90 Å². The second kappa shape index (κ2) is 7.10. The molecule has 0 radical (unpaired) electrons. The highest BCUT2D eigenvalue weighted by Gasteiger charge is 2.33. The first-order valence-corrected chi connectivity index (χ1v) is 10.0. The van der Waals surface area contributed by atoms with Gasteiger partial charge in [-0.1, -0.05) is 25.4 Å². The fourth-order valence-electron chi connectivity index (χ4n) is 4.10. The third-order valence-electron chi connectivity index (χ3n) is 5.23. The lowest BCUT2D eigenvalue weighted by atomic mass is 10.1. The summed E-state index contributed by atoms with van der Waals surface area (Å²) in [4.78, 5) is 6.84. The van der Waals surface area contributed by atoms with Gasteiger partial charge in [-0.25, -0.2) is 4.98 Å². The van der Waals surface area contributed by atoms with Gasteiger partial charge in [-0.15, -0.1) is 0 Å². The van der Waals surface area contributed by atoms with Crippen LogP contribution in [-0.4, -0.2) is 30.9 Å². The van der Waals surface area contributed by atoms with Crippen LogP contribution in [-0.2, 0) is 6.54 Å². The average molecular weight is 398 g/mol. The monoisotopic (exact) mass is 397 g/mol. The highest BCUT2D eigenvalue weighted by molar-refractivity contribution is 6.30. The minimum atomic E-state index is 0.133. The van der Waals surface area contributed by atoms with Gasteiger partial charge in [0, 0.05) is 30.4 Å². The molecular weight excluding hydrogens is 374 g/mol. The van der Waals surface area contributed by atoms with E-state index in [1.165, 1.54) is 0 Å². The molecule has 1 unspecified atom stereocenters. The SMILES string of the molecule is Cc1cc(N2CCCC2c2c(C)nn(CC(C)C)c2Cl)n2ncc(C#N)c2n1. The summed E-state index contributed by atoms with van der Waals surface area (Å²) >= 11 is 6.78. The molecule has 0 amide bonds. The van der Waals surface area contributed by atoms with Crippen LogP contribution in [0.4, 0.5) is 5.82 Å². The van der Waals surface area contributed by atoms with E-state index in [-0.39, 0.29) is 6.04 Å². The summed E-state index contributed by atoms with van der Waals surface area (Å²) < 4.78 is 3.69. The Kier molecular flexibility index (Phi) is 4.76. The third-order valence-corrected chi connectivity index (χ3v) is 5.63. The van der Waals surface area contributed by atoms with Crippen LogP contribution in [0.15, 0.2) is 12.3 Å². The van der Waals surface area contributed by atoms with E-state index in [0.29, 0.717) is 17.1 Å². The molecule has 4 heterocycles. The first kappa shape index (κ1) is 18.8. The lowest BCUT2D eigenvalue weighted by molar-refractivity contribution is 0.481. The first-order chi connectivity index (χ1) is 13.4. The normalized spacial score (nSPS) is 17.0.